The Morgan fingerprint density at radius 2 is 1.72 bits per heavy atom. The number of nitrogens with one attached hydrogen (secondary N) is 1. The lowest BCUT2D eigenvalue weighted by Gasteiger charge is -2.13. The Bertz CT molecular complexity index is 1200. The largest absolute Gasteiger partial charge is 0.494 e. The minimum absolute atomic E-state index is 0.122. The number of hydrogen-bond acceptors (Lipinski definition) is 8. The second kappa shape index (κ2) is 12.5. The standard InChI is InChI=1S/C24H23BrN2O8S/c1-3-33-16-7-5-15(6-8-16)26-21(28)12-27-23(31)20(36-24(27)32)10-14-9-18(34-4-2)19(11-17(14)25)35-13-22(29)30/h5-11H,3-4,12-13H2,1-2H3,(H,26,28)(H,29,30)/b20-10+. The van der Waals surface area contributed by atoms with Crippen molar-refractivity contribution < 1.29 is 38.5 Å². The monoisotopic (exact) mass is 578 g/mol. The highest BCUT2D eigenvalue weighted by atomic mass is 79.9. The van der Waals surface area contributed by atoms with E-state index < -0.39 is 36.2 Å². The molecule has 1 heterocycles. The fraction of sp³-hybridized carbons (Fsp3) is 0.250. The van der Waals surface area contributed by atoms with E-state index in [4.69, 9.17) is 19.3 Å². The predicted octanol–water partition coefficient (Wildman–Crippen LogP) is 4.38. The summed E-state index contributed by atoms with van der Waals surface area (Å²) in [7, 11) is 0. The molecule has 0 unspecified atom stereocenters. The van der Waals surface area contributed by atoms with Crippen LogP contribution in [0.5, 0.6) is 17.2 Å². The molecule has 1 aliphatic rings. The molecule has 36 heavy (non-hydrogen) atoms. The Hall–Kier alpha value is -3.51. The van der Waals surface area contributed by atoms with E-state index in [1.807, 2.05) is 6.92 Å². The first kappa shape index (κ1) is 27.1. The topological polar surface area (TPSA) is 131 Å². The molecular weight excluding hydrogens is 556 g/mol. The van der Waals surface area contributed by atoms with Crippen molar-refractivity contribution in [3.8, 4) is 17.2 Å². The molecule has 2 N–H and O–H groups in total. The molecule has 1 fully saturated rings. The summed E-state index contributed by atoms with van der Waals surface area (Å²) in [6.07, 6.45) is 1.49. The van der Waals surface area contributed by atoms with Crippen molar-refractivity contribution in [1.82, 2.24) is 4.90 Å². The molecule has 1 aliphatic heterocycles. The third kappa shape index (κ3) is 7.01. The van der Waals surface area contributed by atoms with Gasteiger partial charge in [-0.2, -0.15) is 0 Å². The van der Waals surface area contributed by atoms with E-state index in [-0.39, 0.29) is 16.4 Å². The summed E-state index contributed by atoms with van der Waals surface area (Å²) < 4.78 is 16.6. The average molecular weight is 579 g/mol. The van der Waals surface area contributed by atoms with Gasteiger partial charge < -0.3 is 24.6 Å². The van der Waals surface area contributed by atoms with Crippen LogP contribution in [-0.4, -0.2) is 59.4 Å². The van der Waals surface area contributed by atoms with Gasteiger partial charge in [-0.15, -0.1) is 0 Å². The zero-order chi connectivity index (χ0) is 26.2. The summed E-state index contributed by atoms with van der Waals surface area (Å²) >= 11 is 4.08. The van der Waals surface area contributed by atoms with Crippen molar-refractivity contribution in [1.29, 1.82) is 0 Å². The summed E-state index contributed by atoms with van der Waals surface area (Å²) in [6.45, 7) is 3.44. The van der Waals surface area contributed by atoms with Gasteiger partial charge in [-0.05, 0) is 73.6 Å². The second-order valence-corrected chi connectivity index (χ2v) is 9.06. The van der Waals surface area contributed by atoms with E-state index in [0.29, 0.717) is 46.4 Å². The number of anilines is 1. The van der Waals surface area contributed by atoms with E-state index in [0.717, 1.165) is 4.90 Å². The van der Waals surface area contributed by atoms with Crippen LogP contribution in [0, 0.1) is 0 Å². The van der Waals surface area contributed by atoms with Gasteiger partial charge >= 0.3 is 5.97 Å². The maximum absolute atomic E-state index is 12.9. The molecule has 0 aromatic heterocycles. The van der Waals surface area contributed by atoms with E-state index in [2.05, 4.69) is 21.2 Å². The molecular formula is C24H23BrN2O8S. The maximum Gasteiger partial charge on any atom is 0.341 e. The average Bonchev–Trinajstić information content (AvgIpc) is 3.09. The molecule has 190 valence electrons. The Kier molecular flexibility index (Phi) is 9.37. The van der Waals surface area contributed by atoms with Crippen LogP contribution < -0.4 is 19.5 Å². The number of carboxylic acids is 1. The maximum atomic E-state index is 12.9. The number of amides is 3. The summed E-state index contributed by atoms with van der Waals surface area (Å²) in [5.41, 5.74) is 1.01. The first-order chi connectivity index (χ1) is 17.2. The first-order valence-corrected chi connectivity index (χ1v) is 12.4. The molecule has 10 nitrogen and oxygen atoms in total. The lowest BCUT2D eigenvalue weighted by Crippen LogP contribution is -2.36. The van der Waals surface area contributed by atoms with E-state index in [1.54, 1.807) is 37.3 Å². The van der Waals surface area contributed by atoms with Crippen molar-refractivity contribution in [2.75, 3.05) is 31.7 Å². The first-order valence-electron chi connectivity index (χ1n) is 10.8. The number of benzene rings is 2. The SMILES string of the molecule is CCOc1ccc(NC(=O)CN2C(=O)S/C(=C/c3cc(OCC)c(OCC(=O)O)cc3Br)C2=O)cc1. The van der Waals surface area contributed by atoms with Gasteiger partial charge in [0.05, 0.1) is 18.1 Å². The van der Waals surface area contributed by atoms with Crippen molar-refractivity contribution in [2.24, 2.45) is 0 Å². The number of carboxylic acid groups (broad SMARTS) is 1. The van der Waals surface area contributed by atoms with E-state index >= 15 is 0 Å². The quantitative estimate of drug-likeness (QED) is 0.372. The van der Waals surface area contributed by atoms with Crippen LogP contribution >= 0.6 is 27.7 Å². The third-order valence-corrected chi connectivity index (χ3v) is 6.22. The molecule has 0 radical (unpaired) electrons. The third-order valence-electron chi connectivity index (χ3n) is 4.63. The van der Waals surface area contributed by atoms with Crippen LogP contribution in [0.3, 0.4) is 0 Å². The molecule has 0 atom stereocenters. The summed E-state index contributed by atoms with van der Waals surface area (Å²) in [5, 5.41) is 10.9. The molecule has 0 saturated carbocycles. The fourth-order valence-electron chi connectivity index (χ4n) is 3.10. The van der Waals surface area contributed by atoms with Gasteiger partial charge in [-0.3, -0.25) is 19.3 Å². The van der Waals surface area contributed by atoms with Crippen molar-refractivity contribution in [3.63, 3.8) is 0 Å². The number of carbonyl (C=O) groups excluding carboxylic acids is 3. The van der Waals surface area contributed by atoms with E-state index in [1.165, 1.54) is 12.1 Å². The molecule has 3 amide bonds. The zero-order valence-corrected chi connectivity index (χ0v) is 21.8. The summed E-state index contributed by atoms with van der Waals surface area (Å²) in [5.74, 6) is -1.13. The second-order valence-electron chi connectivity index (χ2n) is 7.21. The van der Waals surface area contributed by atoms with Crippen LogP contribution in [0.15, 0.2) is 45.8 Å². The number of aliphatic carboxylic acids is 1. The van der Waals surface area contributed by atoms with Crippen LogP contribution in [0.2, 0.25) is 0 Å². The smallest absolute Gasteiger partial charge is 0.341 e. The molecule has 0 spiro atoms. The molecule has 2 aromatic rings. The fourth-order valence-corrected chi connectivity index (χ4v) is 4.37. The molecule has 3 rings (SSSR count). The van der Waals surface area contributed by atoms with Gasteiger partial charge in [0.2, 0.25) is 5.91 Å². The Morgan fingerprint density at radius 1 is 1.06 bits per heavy atom. The van der Waals surface area contributed by atoms with Crippen LogP contribution in [0.25, 0.3) is 6.08 Å². The van der Waals surface area contributed by atoms with Gasteiger partial charge in [0.15, 0.2) is 18.1 Å². The number of hydrogen-bond donors (Lipinski definition) is 2. The van der Waals surface area contributed by atoms with Gasteiger partial charge in [0.25, 0.3) is 11.1 Å². The summed E-state index contributed by atoms with van der Waals surface area (Å²) in [6, 6.07) is 9.82. The van der Waals surface area contributed by atoms with Gasteiger partial charge in [-0.25, -0.2) is 4.79 Å². The minimum atomic E-state index is -1.14. The predicted molar refractivity (Wildman–Crippen MR) is 137 cm³/mol. The highest BCUT2D eigenvalue weighted by molar-refractivity contribution is 9.10. The number of rotatable bonds is 11. The highest BCUT2D eigenvalue weighted by Gasteiger charge is 2.36. The van der Waals surface area contributed by atoms with Crippen LogP contribution in [0.4, 0.5) is 10.5 Å². The Morgan fingerprint density at radius 3 is 2.36 bits per heavy atom. The lowest BCUT2D eigenvalue weighted by molar-refractivity contribution is -0.139. The lowest BCUT2D eigenvalue weighted by atomic mass is 10.1. The molecule has 2 aromatic carbocycles. The van der Waals surface area contributed by atoms with Crippen LogP contribution in [0.1, 0.15) is 19.4 Å². The van der Waals surface area contributed by atoms with Gasteiger partial charge in [-0.1, -0.05) is 15.9 Å². The van der Waals surface area contributed by atoms with Crippen molar-refractivity contribution in [3.05, 3.63) is 51.3 Å². The Balaban J connectivity index is 1.73. The number of ether oxygens (including phenoxy) is 3. The van der Waals surface area contributed by atoms with E-state index in [9.17, 15) is 19.2 Å². The molecule has 0 aliphatic carbocycles. The normalized spacial score (nSPS) is 14.2. The molecule has 0 bridgehead atoms. The molecule has 1 saturated heterocycles. The molecule has 12 heteroatoms. The van der Waals surface area contributed by atoms with Crippen molar-refractivity contribution in [2.45, 2.75) is 13.8 Å². The van der Waals surface area contributed by atoms with Crippen molar-refractivity contribution >= 4 is 62.5 Å². The van der Waals surface area contributed by atoms with Gasteiger partial charge in [0.1, 0.15) is 12.3 Å². The number of carbonyl (C=O) groups is 4. The van der Waals surface area contributed by atoms with Crippen LogP contribution in [-0.2, 0) is 14.4 Å². The minimum Gasteiger partial charge on any atom is -0.494 e. The number of halogens is 1. The highest BCUT2D eigenvalue weighted by Crippen LogP contribution is 2.38. The Labute approximate surface area is 219 Å². The zero-order valence-electron chi connectivity index (χ0n) is 19.4. The van der Waals surface area contributed by atoms with Gasteiger partial charge in [0, 0.05) is 10.2 Å². The number of imide groups is 1. The summed E-state index contributed by atoms with van der Waals surface area (Å²) in [4.78, 5) is 49.6. The number of nitrogens with zero attached hydrogens (tertiary/aromatic N) is 1. The number of thioether (sulfide) groups is 1.